The molecule has 3 amide bonds. The zero-order valence-electron chi connectivity index (χ0n) is 7.38. The molecule has 0 saturated heterocycles. The quantitative estimate of drug-likeness (QED) is 0.505. The van der Waals surface area contributed by atoms with E-state index in [9.17, 15) is 9.59 Å². The summed E-state index contributed by atoms with van der Waals surface area (Å²) in [5.41, 5.74) is 9.41. The van der Waals surface area contributed by atoms with Gasteiger partial charge in [-0.15, -0.1) is 0 Å². The van der Waals surface area contributed by atoms with Crippen molar-refractivity contribution in [2.45, 2.75) is 0 Å². The van der Waals surface area contributed by atoms with Crippen molar-refractivity contribution in [1.29, 1.82) is 0 Å². The Morgan fingerprint density at radius 3 is 2.60 bits per heavy atom. The molecule has 0 unspecified atom stereocenters. The molecule has 5 nitrogen and oxygen atoms in total. The van der Waals surface area contributed by atoms with Gasteiger partial charge in [0.1, 0.15) is 0 Å². The number of nitrogens with one attached hydrogen (secondary N) is 2. The first-order chi connectivity index (χ1) is 7.00. The van der Waals surface area contributed by atoms with Crippen molar-refractivity contribution in [3.63, 3.8) is 0 Å². The number of primary amides is 1. The first-order valence-electron chi connectivity index (χ1n) is 3.81. The average Bonchev–Trinajstić information content (AvgIpc) is 2.18. The molecule has 4 N–H and O–H groups in total. The van der Waals surface area contributed by atoms with Crippen molar-refractivity contribution in [3.8, 4) is 0 Å². The molecular weight excluding hydrogens is 377 g/mol. The van der Waals surface area contributed by atoms with E-state index in [0.29, 0.717) is 10.0 Å². The van der Waals surface area contributed by atoms with Gasteiger partial charge in [0.25, 0.3) is 5.91 Å². The lowest BCUT2D eigenvalue weighted by atomic mass is 10.2. The highest BCUT2D eigenvalue weighted by atomic mass is 127. The summed E-state index contributed by atoms with van der Waals surface area (Å²) in [5, 5.41) is 0. The number of halogens is 2. The van der Waals surface area contributed by atoms with Crippen LogP contribution in [0, 0.1) is 3.57 Å². The second kappa shape index (κ2) is 5.31. The van der Waals surface area contributed by atoms with Gasteiger partial charge >= 0.3 is 6.03 Å². The van der Waals surface area contributed by atoms with E-state index in [0.717, 1.165) is 3.57 Å². The summed E-state index contributed by atoms with van der Waals surface area (Å²) in [5.74, 6) is -0.431. The Bertz CT molecular complexity index is 411. The van der Waals surface area contributed by atoms with E-state index in [1.807, 2.05) is 11.5 Å². The summed E-state index contributed by atoms with van der Waals surface area (Å²) in [6.07, 6.45) is 0. The SMILES string of the molecule is NC(=O)NNC(=O)c1cc(I)ccc1Br. The van der Waals surface area contributed by atoms with Gasteiger partial charge in [0.2, 0.25) is 0 Å². The van der Waals surface area contributed by atoms with Crippen LogP contribution < -0.4 is 16.6 Å². The molecule has 0 radical (unpaired) electrons. The fourth-order valence-corrected chi connectivity index (χ4v) is 1.78. The molecule has 0 heterocycles. The van der Waals surface area contributed by atoms with Crippen molar-refractivity contribution in [1.82, 2.24) is 10.9 Å². The Morgan fingerprint density at radius 2 is 2.00 bits per heavy atom. The average molecular weight is 384 g/mol. The number of amides is 3. The minimum Gasteiger partial charge on any atom is -0.350 e. The highest BCUT2D eigenvalue weighted by Gasteiger charge is 2.10. The molecule has 0 saturated carbocycles. The molecule has 0 spiro atoms. The Kier molecular flexibility index (Phi) is 4.33. The van der Waals surface area contributed by atoms with Gasteiger partial charge in [0.15, 0.2) is 0 Å². The fraction of sp³-hybridized carbons (Fsp3) is 0. The molecule has 0 aliphatic heterocycles. The van der Waals surface area contributed by atoms with Gasteiger partial charge in [-0.2, -0.15) is 0 Å². The molecule has 0 bridgehead atoms. The zero-order chi connectivity index (χ0) is 11.4. The van der Waals surface area contributed by atoms with Crippen LogP contribution in [0.25, 0.3) is 0 Å². The van der Waals surface area contributed by atoms with Crippen molar-refractivity contribution >= 4 is 50.5 Å². The van der Waals surface area contributed by atoms with Gasteiger partial charge in [-0.25, -0.2) is 10.2 Å². The molecule has 1 aromatic carbocycles. The van der Waals surface area contributed by atoms with Crippen LogP contribution in [0.5, 0.6) is 0 Å². The number of hydrogen-bond acceptors (Lipinski definition) is 2. The smallest absolute Gasteiger partial charge is 0.330 e. The lowest BCUT2D eigenvalue weighted by Crippen LogP contribution is -2.44. The maximum atomic E-state index is 11.5. The second-order valence-corrected chi connectivity index (χ2v) is 4.67. The van der Waals surface area contributed by atoms with Crippen LogP contribution in [-0.4, -0.2) is 11.9 Å². The minimum atomic E-state index is -0.815. The van der Waals surface area contributed by atoms with Crippen molar-refractivity contribution in [3.05, 3.63) is 31.8 Å². The first-order valence-corrected chi connectivity index (χ1v) is 5.68. The summed E-state index contributed by atoms with van der Waals surface area (Å²) < 4.78 is 1.56. The number of carbonyl (C=O) groups is 2. The summed E-state index contributed by atoms with van der Waals surface area (Å²) in [6.45, 7) is 0. The summed E-state index contributed by atoms with van der Waals surface area (Å²) >= 11 is 5.31. The van der Waals surface area contributed by atoms with Crippen molar-refractivity contribution < 1.29 is 9.59 Å². The van der Waals surface area contributed by atoms with Crippen LogP contribution in [0.1, 0.15) is 10.4 Å². The van der Waals surface area contributed by atoms with E-state index in [2.05, 4.69) is 43.9 Å². The topological polar surface area (TPSA) is 84.2 Å². The van der Waals surface area contributed by atoms with Crippen LogP contribution in [0.4, 0.5) is 4.79 Å². The molecule has 0 atom stereocenters. The van der Waals surface area contributed by atoms with Crippen molar-refractivity contribution in [2.24, 2.45) is 5.73 Å². The monoisotopic (exact) mass is 383 g/mol. The maximum absolute atomic E-state index is 11.5. The third-order valence-corrected chi connectivity index (χ3v) is 2.83. The van der Waals surface area contributed by atoms with E-state index in [1.165, 1.54) is 0 Å². The van der Waals surface area contributed by atoms with E-state index in [1.54, 1.807) is 12.1 Å². The van der Waals surface area contributed by atoms with Crippen molar-refractivity contribution in [2.75, 3.05) is 0 Å². The largest absolute Gasteiger partial charge is 0.350 e. The Hall–Kier alpha value is -0.830. The van der Waals surface area contributed by atoms with Gasteiger partial charge < -0.3 is 5.73 Å². The highest BCUT2D eigenvalue weighted by Crippen LogP contribution is 2.19. The van der Waals surface area contributed by atoms with Crippen LogP contribution in [0.3, 0.4) is 0 Å². The number of hydrogen-bond donors (Lipinski definition) is 3. The third-order valence-electron chi connectivity index (χ3n) is 1.47. The molecule has 0 aromatic heterocycles. The predicted octanol–water partition coefficient (Wildman–Crippen LogP) is 1.37. The third kappa shape index (κ3) is 3.67. The summed E-state index contributed by atoms with van der Waals surface area (Å²) in [4.78, 5) is 21.9. The predicted molar refractivity (Wildman–Crippen MR) is 67.0 cm³/mol. The van der Waals surface area contributed by atoms with Gasteiger partial charge in [0.05, 0.1) is 5.56 Å². The van der Waals surface area contributed by atoms with Crippen LogP contribution >= 0.6 is 38.5 Å². The molecular formula is C8H7BrIN3O2. The van der Waals surface area contributed by atoms with Gasteiger partial charge in [-0.1, -0.05) is 0 Å². The van der Waals surface area contributed by atoms with E-state index in [4.69, 9.17) is 5.73 Å². The number of urea groups is 1. The molecule has 0 aliphatic rings. The normalized spacial score (nSPS) is 9.47. The zero-order valence-corrected chi connectivity index (χ0v) is 11.1. The molecule has 0 aliphatic carbocycles. The van der Waals surface area contributed by atoms with Crippen LogP contribution in [0.2, 0.25) is 0 Å². The van der Waals surface area contributed by atoms with E-state index < -0.39 is 11.9 Å². The highest BCUT2D eigenvalue weighted by molar-refractivity contribution is 14.1. The van der Waals surface area contributed by atoms with Crippen LogP contribution in [-0.2, 0) is 0 Å². The molecule has 1 rings (SSSR count). The number of carbonyl (C=O) groups excluding carboxylic acids is 2. The molecule has 15 heavy (non-hydrogen) atoms. The van der Waals surface area contributed by atoms with Gasteiger partial charge in [0, 0.05) is 8.04 Å². The maximum Gasteiger partial charge on any atom is 0.330 e. The molecule has 7 heteroatoms. The fourth-order valence-electron chi connectivity index (χ4n) is 0.857. The Balaban J connectivity index is 2.81. The van der Waals surface area contributed by atoms with Gasteiger partial charge in [-0.05, 0) is 56.7 Å². The molecule has 0 fully saturated rings. The lowest BCUT2D eigenvalue weighted by molar-refractivity contribution is 0.0936. The van der Waals surface area contributed by atoms with Crippen LogP contribution in [0.15, 0.2) is 22.7 Å². The van der Waals surface area contributed by atoms with E-state index in [-0.39, 0.29) is 0 Å². The molecule has 1 aromatic rings. The second-order valence-electron chi connectivity index (χ2n) is 2.57. The number of nitrogens with two attached hydrogens (primary N) is 1. The summed E-state index contributed by atoms with van der Waals surface area (Å²) in [6, 6.07) is 4.47. The van der Waals surface area contributed by atoms with Gasteiger partial charge in [-0.3, -0.25) is 10.2 Å². The number of hydrazine groups is 1. The summed E-state index contributed by atoms with van der Waals surface area (Å²) in [7, 11) is 0. The lowest BCUT2D eigenvalue weighted by Gasteiger charge is -2.06. The van der Waals surface area contributed by atoms with E-state index >= 15 is 0 Å². The number of rotatable bonds is 1. The minimum absolute atomic E-state index is 0.427. The number of benzene rings is 1. The first kappa shape index (κ1) is 12.2. The Labute approximate surface area is 108 Å². The Morgan fingerprint density at radius 1 is 1.33 bits per heavy atom. The standard InChI is InChI=1S/C8H7BrIN3O2/c9-6-2-1-4(10)3-5(6)7(14)12-13-8(11)15/h1-3H,(H,12,14)(H3,11,13,15). The molecule has 80 valence electrons.